The molecule has 1 aromatic rings. The maximum absolute atomic E-state index is 12.0. The Morgan fingerprint density at radius 3 is 2.21 bits per heavy atom. The topological polar surface area (TPSA) is 75.3 Å². The first-order valence-electron chi connectivity index (χ1n) is 5.89. The van der Waals surface area contributed by atoms with Crippen LogP contribution in [0.3, 0.4) is 0 Å². The van der Waals surface area contributed by atoms with Gasteiger partial charge in [-0.3, -0.25) is 9.52 Å². The van der Waals surface area contributed by atoms with E-state index in [0.717, 1.165) is 6.26 Å². The largest absolute Gasteiger partial charge is 0.347 e. The Morgan fingerprint density at radius 1 is 1.21 bits per heavy atom. The van der Waals surface area contributed by atoms with Gasteiger partial charge in [0.2, 0.25) is 10.0 Å². The fraction of sp³-hybridized carbons (Fsp3) is 0.462. The highest BCUT2D eigenvalue weighted by atomic mass is 32.2. The maximum Gasteiger partial charge on any atom is 0.251 e. The lowest BCUT2D eigenvalue weighted by Crippen LogP contribution is -2.40. The Hall–Kier alpha value is -1.56. The third kappa shape index (κ3) is 5.30. The second-order valence-corrected chi connectivity index (χ2v) is 7.36. The van der Waals surface area contributed by atoms with Gasteiger partial charge in [-0.25, -0.2) is 8.42 Å². The zero-order valence-electron chi connectivity index (χ0n) is 11.9. The number of rotatable bonds is 3. The van der Waals surface area contributed by atoms with E-state index >= 15 is 0 Å². The molecule has 0 saturated carbocycles. The standard InChI is InChI=1S/C13H20N2O3S/c1-9-8-10(12(16)14-13(2,3)4)6-7-11(9)15-19(5,17)18/h6-8,15H,1-5H3,(H,14,16). The fourth-order valence-corrected chi connectivity index (χ4v) is 2.16. The Balaban J connectivity index is 2.97. The minimum absolute atomic E-state index is 0.179. The van der Waals surface area contributed by atoms with E-state index in [1.165, 1.54) is 0 Å². The van der Waals surface area contributed by atoms with E-state index in [1.807, 2.05) is 20.8 Å². The molecule has 19 heavy (non-hydrogen) atoms. The SMILES string of the molecule is Cc1cc(C(=O)NC(C)(C)C)ccc1NS(C)(=O)=O. The average molecular weight is 284 g/mol. The molecule has 2 N–H and O–H groups in total. The van der Waals surface area contributed by atoms with Crippen LogP contribution in [0, 0.1) is 6.92 Å². The lowest BCUT2D eigenvalue weighted by Gasteiger charge is -2.20. The van der Waals surface area contributed by atoms with Crippen molar-refractivity contribution < 1.29 is 13.2 Å². The van der Waals surface area contributed by atoms with Crippen LogP contribution in [0.5, 0.6) is 0 Å². The summed E-state index contributed by atoms with van der Waals surface area (Å²) < 4.78 is 24.7. The summed E-state index contributed by atoms with van der Waals surface area (Å²) in [4.78, 5) is 12.0. The summed E-state index contributed by atoms with van der Waals surface area (Å²) >= 11 is 0. The summed E-state index contributed by atoms with van der Waals surface area (Å²) in [5.74, 6) is -0.179. The highest BCUT2D eigenvalue weighted by Gasteiger charge is 2.16. The Bertz CT molecular complexity index is 586. The zero-order chi connectivity index (χ0) is 14.8. The molecule has 0 fully saturated rings. The van der Waals surface area contributed by atoms with Crippen molar-refractivity contribution in [2.75, 3.05) is 11.0 Å². The molecule has 0 bridgehead atoms. The molecule has 0 heterocycles. The number of carbonyl (C=O) groups excluding carboxylic acids is 1. The number of amides is 1. The van der Waals surface area contributed by atoms with Gasteiger partial charge >= 0.3 is 0 Å². The van der Waals surface area contributed by atoms with Crippen LogP contribution >= 0.6 is 0 Å². The molecule has 0 unspecified atom stereocenters. The quantitative estimate of drug-likeness (QED) is 0.890. The van der Waals surface area contributed by atoms with Crippen molar-refractivity contribution in [2.24, 2.45) is 0 Å². The molecule has 0 radical (unpaired) electrons. The molecule has 106 valence electrons. The summed E-state index contributed by atoms with van der Waals surface area (Å²) in [5.41, 5.74) is 1.38. The highest BCUT2D eigenvalue weighted by molar-refractivity contribution is 7.92. The van der Waals surface area contributed by atoms with Crippen LogP contribution in [0.1, 0.15) is 36.7 Å². The molecule has 0 aliphatic heterocycles. The number of sulfonamides is 1. The van der Waals surface area contributed by atoms with Crippen LogP contribution in [0.25, 0.3) is 0 Å². The van der Waals surface area contributed by atoms with E-state index in [2.05, 4.69) is 10.0 Å². The van der Waals surface area contributed by atoms with Crippen molar-refractivity contribution in [3.63, 3.8) is 0 Å². The monoisotopic (exact) mass is 284 g/mol. The predicted octanol–water partition coefficient (Wildman–Crippen LogP) is 1.89. The molecule has 0 atom stereocenters. The van der Waals surface area contributed by atoms with Crippen molar-refractivity contribution in [3.05, 3.63) is 29.3 Å². The van der Waals surface area contributed by atoms with Crippen LogP contribution < -0.4 is 10.0 Å². The fourth-order valence-electron chi connectivity index (χ4n) is 1.53. The lowest BCUT2D eigenvalue weighted by molar-refractivity contribution is 0.0919. The first-order valence-corrected chi connectivity index (χ1v) is 7.78. The minimum atomic E-state index is -3.31. The molecule has 1 aromatic carbocycles. The van der Waals surface area contributed by atoms with Crippen molar-refractivity contribution in [1.29, 1.82) is 0 Å². The molecular weight excluding hydrogens is 264 g/mol. The molecule has 6 heteroatoms. The second-order valence-electron chi connectivity index (χ2n) is 5.61. The summed E-state index contributed by atoms with van der Waals surface area (Å²) in [5, 5.41) is 2.85. The number of nitrogens with one attached hydrogen (secondary N) is 2. The van der Waals surface area contributed by atoms with Crippen LogP contribution in [0.2, 0.25) is 0 Å². The molecule has 0 saturated heterocycles. The molecule has 5 nitrogen and oxygen atoms in total. The third-order valence-electron chi connectivity index (χ3n) is 2.27. The van der Waals surface area contributed by atoms with Crippen molar-refractivity contribution >= 4 is 21.6 Å². The summed E-state index contributed by atoms with van der Waals surface area (Å²) in [6.07, 6.45) is 1.09. The van der Waals surface area contributed by atoms with Crippen molar-refractivity contribution in [1.82, 2.24) is 5.32 Å². The number of aryl methyl sites for hydroxylation is 1. The average Bonchev–Trinajstić information content (AvgIpc) is 2.16. The third-order valence-corrected chi connectivity index (χ3v) is 2.86. The lowest BCUT2D eigenvalue weighted by atomic mass is 10.1. The smallest absolute Gasteiger partial charge is 0.251 e. The van der Waals surface area contributed by atoms with E-state index in [9.17, 15) is 13.2 Å². The van der Waals surface area contributed by atoms with Gasteiger partial charge in [-0.05, 0) is 51.5 Å². The second kappa shape index (κ2) is 5.21. The number of hydrogen-bond donors (Lipinski definition) is 2. The van der Waals surface area contributed by atoms with Crippen LogP contribution in [0.4, 0.5) is 5.69 Å². The molecule has 0 spiro atoms. The Labute approximate surface area is 114 Å². The summed E-state index contributed by atoms with van der Waals surface area (Å²) in [6, 6.07) is 4.85. The Kier molecular flexibility index (Phi) is 4.25. The van der Waals surface area contributed by atoms with Gasteiger partial charge in [0.25, 0.3) is 5.91 Å². The maximum atomic E-state index is 12.0. The first-order chi connectivity index (χ1) is 8.48. The minimum Gasteiger partial charge on any atom is -0.347 e. The van der Waals surface area contributed by atoms with Gasteiger partial charge in [0.1, 0.15) is 0 Å². The van der Waals surface area contributed by atoms with E-state index in [-0.39, 0.29) is 11.4 Å². The van der Waals surface area contributed by atoms with Gasteiger partial charge < -0.3 is 5.32 Å². The van der Waals surface area contributed by atoms with Gasteiger partial charge in [0.15, 0.2) is 0 Å². The number of hydrogen-bond acceptors (Lipinski definition) is 3. The van der Waals surface area contributed by atoms with Gasteiger partial charge in [-0.2, -0.15) is 0 Å². The molecule has 0 aliphatic rings. The number of benzene rings is 1. The van der Waals surface area contributed by atoms with Crippen molar-refractivity contribution in [3.8, 4) is 0 Å². The van der Waals surface area contributed by atoms with Gasteiger partial charge in [0, 0.05) is 11.1 Å². The van der Waals surface area contributed by atoms with E-state index in [1.54, 1.807) is 25.1 Å². The Morgan fingerprint density at radius 2 is 1.79 bits per heavy atom. The van der Waals surface area contributed by atoms with Gasteiger partial charge in [-0.15, -0.1) is 0 Å². The van der Waals surface area contributed by atoms with Gasteiger partial charge in [-0.1, -0.05) is 0 Å². The normalized spacial score (nSPS) is 12.1. The molecule has 1 amide bonds. The summed E-state index contributed by atoms with van der Waals surface area (Å²) in [7, 11) is -3.31. The van der Waals surface area contributed by atoms with Crippen LogP contribution in [-0.2, 0) is 10.0 Å². The zero-order valence-corrected chi connectivity index (χ0v) is 12.7. The van der Waals surface area contributed by atoms with Crippen LogP contribution in [0.15, 0.2) is 18.2 Å². The molecule has 0 aliphatic carbocycles. The predicted molar refractivity (Wildman–Crippen MR) is 76.9 cm³/mol. The van der Waals surface area contributed by atoms with E-state index < -0.39 is 10.0 Å². The summed E-state index contributed by atoms with van der Waals surface area (Å²) in [6.45, 7) is 7.45. The number of carbonyl (C=O) groups is 1. The molecular formula is C13H20N2O3S. The van der Waals surface area contributed by atoms with Crippen molar-refractivity contribution in [2.45, 2.75) is 33.2 Å². The van der Waals surface area contributed by atoms with E-state index in [4.69, 9.17) is 0 Å². The van der Waals surface area contributed by atoms with E-state index in [0.29, 0.717) is 16.8 Å². The molecule has 1 rings (SSSR count). The van der Waals surface area contributed by atoms with Crippen LogP contribution in [-0.4, -0.2) is 26.1 Å². The highest BCUT2D eigenvalue weighted by Crippen LogP contribution is 2.18. The first kappa shape index (κ1) is 15.5. The molecule has 0 aromatic heterocycles. The number of anilines is 1. The van der Waals surface area contributed by atoms with Gasteiger partial charge in [0.05, 0.1) is 11.9 Å².